The van der Waals surface area contributed by atoms with E-state index in [0.717, 1.165) is 13.8 Å². The first kappa shape index (κ1) is 18.4. The molecule has 0 aliphatic rings. The summed E-state index contributed by atoms with van der Waals surface area (Å²) >= 11 is 0. The lowest BCUT2D eigenvalue weighted by Gasteiger charge is -2.30. The van der Waals surface area contributed by atoms with Crippen LogP contribution in [0.15, 0.2) is 0 Å². The van der Waals surface area contributed by atoms with Crippen molar-refractivity contribution in [3.8, 4) is 6.07 Å². The highest BCUT2D eigenvalue weighted by Gasteiger charge is 2.48. The van der Waals surface area contributed by atoms with Crippen LogP contribution in [-0.2, 0) is 15.7 Å². The molecule has 0 heterocycles. The van der Waals surface area contributed by atoms with Crippen molar-refractivity contribution in [1.29, 1.82) is 5.26 Å². The Morgan fingerprint density at radius 2 is 1.79 bits per heavy atom. The van der Waals surface area contributed by atoms with Crippen LogP contribution in [0.4, 0.5) is 13.2 Å². The highest BCUT2D eigenvalue weighted by Crippen LogP contribution is 2.33. The van der Waals surface area contributed by atoms with Crippen LogP contribution in [0.3, 0.4) is 0 Å². The fourth-order valence-electron chi connectivity index (χ4n) is 1.21. The molecule has 8 heteroatoms. The van der Waals surface area contributed by atoms with Crippen molar-refractivity contribution in [3.05, 3.63) is 0 Å². The standard InChI is InChI=1S/C11H19F3N2O2S/c1-9(2,19(16)17)5-8(6-15)7-18-10(3,4)11(12,13)14/h8H,5,7,16H2,1-4H3/t8-,19?/m1/s1. The minimum absolute atomic E-state index is 0.0978. The third-order valence-corrected chi connectivity index (χ3v) is 4.05. The summed E-state index contributed by atoms with van der Waals surface area (Å²) in [7, 11) is -1.67. The minimum atomic E-state index is -4.51. The first-order valence-electron chi connectivity index (χ1n) is 5.60. The molecule has 0 aliphatic carbocycles. The van der Waals surface area contributed by atoms with Crippen molar-refractivity contribution in [3.63, 3.8) is 0 Å². The first-order chi connectivity index (χ1) is 8.33. The Labute approximate surface area is 113 Å². The summed E-state index contributed by atoms with van der Waals surface area (Å²) in [5.74, 6) is -0.802. The van der Waals surface area contributed by atoms with Gasteiger partial charge in [0.25, 0.3) is 0 Å². The van der Waals surface area contributed by atoms with Gasteiger partial charge in [0, 0.05) is 0 Å². The number of alkyl halides is 3. The third kappa shape index (κ3) is 5.47. The number of nitriles is 1. The highest BCUT2D eigenvalue weighted by atomic mass is 32.2. The van der Waals surface area contributed by atoms with Crippen LogP contribution in [0.1, 0.15) is 34.1 Å². The molecule has 0 spiro atoms. The predicted octanol–water partition coefficient (Wildman–Crippen LogP) is 2.27. The monoisotopic (exact) mass is 300 g/mol. The molecule has 0 bridgehead atoms. The number of hydrogen-bond donors (Lipinski definition) is 1. The number of nitrogens with two attached hydrogens (primary N) is 1. The molecule has 0 aliphatic heterocycles. The molecule has 0 aromatic carbocycles. The molecule has 0 saturated heterocycles. The fraction of sp³-hybridized carbons (Fsp3) is 0.909. The van der Waals surface area contributed by atoms with E-state index in [9.17, 15) is 17.4 Å². The Kier molecular flexibility index (Phi) is 5.99. The smallest absolute Gasteiger partial charge is 0.365 e. The Hall–Kier alpha value is -0.650. The van der Waals surface area contributed by atoms with Gasteiger partial charge in [-0.05, 0) is 34.1 Å². The van der Waals surface area contributed by atoms with Gasteiger partial charge in [-0.1, -0.05) is 0 Å². The zero-order valence-electron chi connectivity index (χ0n) is 11.4. The molecule has 0 aromatic heterocycles. The van der Waals surface area contributed by atoms with Crippen molar-refractivity contribution >= 4 is 11.0 Å². The van der Waals surface area contributed by atoms with Crippen molar-refractivity contribution in [2.45, 2.75) is 50.6 Å². The summed E-state index contributed by atoms with van der Waals surface area (Å²) in [6.45, 7) is 4.58. The van der Waals surface area contributed by atoms with Crippen LogP contribution in [0.2, 0.25) is 0 Å². The summed E-state index contributed by atoms with van der Waals surface area (Å²) in [5.41, 5.74) is -2.33. The number of halogens is 3. The summed E-state index contributed by atoms with van der Waals surface area (Å²) in [6.07, 6.45) is -4.42. The molecular formula is C11H19F3N2O2S. The van der Waals surface area contributed by atoms with Crippen molar-refractivity contribution in [2.75, 3.05) is 6.61 Å². The Bertz CT molecular complexity index is 375. The van der Waals surface area contributed by atoms with Crippen LogP contribution in [0, 0.1) is 17.2 Å². The largest absolute Gasteiger partial charge is 0.416 e. The van der Waals surface area contributed by atoms with Gasteiger partial charge in [-0.25, -0.2) is 4.21 Å². The number of rotatable bonds is 6. The lowest BCUT2D eigenvalue weighted by Crippen LogP contribution is -2.43. The van der Waals surface area contributed by atoms with Gasteiger partial charge in [0.2, 0.25) is 0 Å². The van der Waals surface area contributed by atoms with Crippen LogP contribution < -0.4 is 5.14 Å². The van der Waals surface area contributed by atoms with E-state index in [1.165, 1.54) is 0 Å². The second-order valence-corrected chi connectivity index (χ2v) is 7.11. The molecule has 4 nitrogen and oxygen atoms in total. The zero-order chi connectivity index (χ0) is 15.5. The van der Waals surface area contributed by atoms with E-state index in [1.807, 2.05) is 6.07 Å². The molecule has 19 heavy (non-hydrogen) atoms. The van der Waals surface area contributed by atoms with E-state index >= 15 is 0 Å². The topological polar surface area (TPSA) is 76.1 Å². The Morgan fingerprint density at radius 3 is 2.11 bits per heavy atom. The zero-order valence-corrected chi connectivity index (χ0v) is 12.2. The van der Waals surface area contributed by atoms with Gasteiger partial charge in [0.15, 0.2) is 5.60 Å². The SMILES string of the molecule is CC(C)(C[C@H](C#N)COC(C)(C)C(F)(F)F)S(N)=O. The lowest BCUT2D eigenvalue weighted by molar-refractivity contribution is -0.265. The summed E-state index contributed by atoms with van der Waals surface area (Å²) in [6, 6.07) is 1.85. The summed E-state index contributed by atoms with van der Waals surface area (Å²) < 4.78 is 52.9. The second kappa shape index (κ2) is 6.20. The molecule has 112 valence electrons. The Balaban J connectivity index is 4.63. The third-order valence-electron chi connectivity index (χ3n) is 2.79. The van der Waals surface area contributed by atoms with E-state index in [0.29, 0.717) is 0 Å². The molecule has 0 saturated carbocycles. The summed E-state index contributed by atoms with van der Waals surface area (Å²) in [5, 5.41) is 14.2. The van der Waals surface area contributed by atoms with Crippen LogP contribution >= 0.6 is 0 Å². The van der Waals surface area contributed by atoms with Crippen molar-refractivity contribution < 1.29 is 22.1 Å². The van der Waals surface area contributed by atoms with E-state index in [4.69, 9.17) is 15.1 Å². The average Bonchev–Trinajstić information content (AvgIpc) is 2.22. The van der Waals surface area contributed by atoms with E-state index < -0.39 is 33.4 Å². The van der Waals surface area contributed by atoms with Crippen LogP contribution in [-0.4, -0.2) is 27.3 Å². The average molecular weight is 300 g/mol. The van der Waals surface area contributed by atoms with Crippen molar-refractivity contribution in [1.82, 2.24) is 0 Å². The number of ether oxygens (including phenoxy) is 1. The summed E-state index contributed by atoms with van der Waals surface area (Å²) in [4.78, 5) is 0. The molecule has 2 N–H and O–H groups in total. The van der Waals surface area contributed by atoms with E-state index in [-0.39, 0.29) is 13.0 Å². The minimum Gasteiger partial charge on any atom is -0.365 e. The second-order valence-electron chi connectivity index (χ2n) is 5.41. The molecule has 0 fully saturated rings. The van der Waals surface area contributed by atoms with Crippen molar-refractivity contribution in [2.24, 2.45) is 11.1 Å². The molecule has 0 rings (SSSR count). The van der Waals surface area contributed by atoms with Crippen LogP contribution in [0.5, 0.6) is 0 Å². The maximum absolute atomic E-state index is 12.6. The number of nitrogens with zero attached hydrogens (tertiary/aromatic N) is 1. The molecular weight excluding hydrogens is 281 g/mol. The maximum Gasteiger partial charge on any atom is 0.416 e. The first-order valence-corrected chi connectivity index (χ1v) is 6.81. The van der Waals surface area contributed by atoms with Crippen LogP contribution in [0.25, 0.3) is 0 Å². The molecule has 0 amide bonds. The van der Waals surface area contributed by atoms with E-state index in [2.05, 4.69) is 0 Å². The van der Waals surface area contributed by atoms with Gasteiger partial charge in [-0.2, -0.15) is 18.4 Å². The maximum atomic E-state index is 12.6. The molecule has 0 aromatic rings. The van der Waals surface area contributed by atoms with Gasteiger partial charge < -0.3 is 4.74 Å². The molecule has 1 unspecified atom stereocenters. The van der Waals surface area contributed by atoms with Gasteiger partial charge >= 0.3 is 6.18 Å². The van der Waals surface area contributed by atoms with Gasteiger partial charge in [-0.3, -0.25) is 5.14 Å². The number of hydrogen-bond acceptors (Lipinski definition) is 3. The molecule has 0 radical (unpaired) electrons. The van der Waals surface area contributed by atoms with Gasteiger partial charge in [-0.15, -0.1) is 0 Å². The van der Waals surface area contributed by atoms with Gasteiger partial charge in [0.1, 0.15) is 0 Å². The van der Waals surface area contributed by atoms with Gasteiger partial charge in [0.05, 0.1) is 34.3 Å². The molecule has 2 atom stereocenters. The fourth-order valence-corrected chi connectivity index (χ4v) is 1.57. The lowest BCUT2D eigenvalue weighted by atomic mass is 9.98. The highest BCUT2D eigenvalue weighted by molar-refractivity contribution is 7.84. The predicted molar refractivity (Wildman–Crippen MR) is 66.2 cm³/mol. The Morgan fingerprint density at radius 1 is 1.32 bits per heavy atom. The van der Waals surface area contributed by atoms with E-state index in [1.54, 1.807) is 13.8 Å². The normalized spacial score (nSPS) is 16.8. The quantitative estimate of drug-likeness (QED) is 0.817.